The highest BCUT2D eigenvalue weighted by Gasteiger charge is 2.10. The smallest absolute Gasteiger partial charge is 0.312 e. The minimum Gasteiger partial charge on any atom is -0.473 e. The Balaban J connectivity index is 1.92. The van der Waals surface area contributed by atoms with Crippen LogP contribution in [-0.2, 0) is 0 Å². The first kappa shape index (κ1) is 12.2. The molecular weight excluding hydrogens is 236 g/mol. The van der Waals surface area contributed by atoms with Crippen LogP contribution in [0.1, 0.15) is 0 Å². The molecule has 1 unspecified atom stereocenters. The van der Waals surface area contributed by atoms with Crippen LogP contribution in [0, 0.1) is 0 Å². The molecule has 1 atom stereocenters. The maximum atomic E-state index is 10.5. The Kier molecular flexibility index (Phi) is 3.63. The number of hydrogen-bond donors (Lipinski definition) is 3. The van der Waals surface area contributed by atoms with Gasteiger partial charge in [0.2, 0.25) is 0 Å². The van der Waals surface area contributed by atoms with Gasteiger partial charge < -0.3 is 26.0 Å². The van der Waals surface area contributed by atoms with E-state index in [0.717, 1.165) is 5.39 Å². The Morgan fingerprint density at radius 3 is 3.06 bits per heavy atom. The van der Waals surface area contributed by atoms with E-state index in [-0.39, 0.29) is 19.2 Å². The highest BCUT2D eigenvalue weighted by molar-refractivity contribution is 5.81. The Morgan fingerprint density at radius 2 is 2.28 bits per heavy atom. The van der Waals surface area contributed by atoms with Gasteiger partial charge in [-0.25, -0.2) is 4.79 Å². The van der Waals surface area contributed by atoms with Gasteiger partial charge in [-0.15, -0.1) is 0 Å². The van der Waals surface area contributed by atoms with Crippen LogP contribution in [0.4, 0.5) is 4.79 Å². The molecule has 0 bridgehead atoms. The standard InChI is InChI=1S/C11H14N4O3/c12-7(5-14-11(13)16)6-17-10-8-3-1-2-4-9(8)18-15-10/h1-4,7H,5-6,12H2,(H3,13,14,16). The fraction of sp³-hybridized carbons (Fsp3) is 0.273. The van der Waals surface area contributed by atoms with E-state index in [9.17, 15) is 4.79 Å². The summed E-state index contributed by atoms with van der Waals surface area (Å²) >= 11 is 0. The number of amides is 2. The van der Waals surface area contributed by atoms with Crippen molar-refractivity contribution >= 4 is 17.0 Å². The molecule has 1 aromatic carbocycles. The number of rotatable bonds is 5. The number of para-hydroxylation sites is 1. The number of carbonyl (C=O) groups is 1. The number of primary amides is 1. The molecule has 1 heterocycles. The van der Waals surface area contributed by atoms with E-state index in [1.165, 1.54) is 0 Å². The number of benzene rings is 1. The molecule has 5 N–H and O–H groups in total. The first-order chi connectivity index (χ1) is 8.66. The minimum absolute atomic E-state index is 0.205. The van der Waals surface area contributed by atoms with Crippen LogP contribution in [0.2, 0.25) is 0 Å². The molecule has 0 saturated carbocycles. The molecule has 0 aliphatic rings. The Morgan fingerprint density at radius 1 is 1.50 bits per heavy atom. The first-order valence-corrected chi connectivity index (χ1v) is 5.43. The first-order valence-electron chi connectivity index (χ1n) is 5.43. The van der Waals surface area contributed by atoms with Gasteiger partial charge in [0.15, 0.2) is 5.58 Å². The van der Waals surface area contributed by atoms with Crippen molar-refractivity contribution in [1.82, 2.24) is 10.5 Å². The monoisotopic (exact) mass is 250 g/mol. The molecule has 0 aliphatic carbocycles. The summed E-state index contributed by atoms with van der Waals surface area (Å²) in [6.07, 6.45) is 0. The largest absolute Gasteiger partial charge is 0.473 e. The van der Waals surface area contributed by atoms with Crippen molar-refractivity contribution in [1.29, 1.82) is 0 Å². The van der Waals surface area contributed by atoms with Crippen LogP contribution in [-0.4, -0.2) is 30.4 Å². The van der Waals surface area contributed by atoms with Gasteiger partial charge in [0.25, 0.3) is 5.88 Å². The van der Waals surface area contributed by atoms with Gasteiger partial charge in [0, 0.05) is 6.54 Å². The number of fused-ring (bicyclic) bond motifs is 1. The van der Waals surface area contributed by atoms with E-state index in [1.54, 1.807) is 6.07 Å². The molecule has 2 amide bonds. The second-order valence-corrected chi connectivity index (χ2v) is 3.80. The van der Waals surface area contributed by atoms with Crippen LogP contribution in [0.15, 0.2) is 28.8 Å². The molecule has 18 heavy (non-hydrogen) atoms. The number of urea groups is 1. The van der Waals surface area contributed by atoms with E-state index in [0.29, 0.717) is 11.5 Å². The molecule has 7 nitrogen and oxygen atoms in total. The highest BCUT2D eigenvalue weighted by Crippen LogP contribution is 2.23. The fourth-order valence-corrected chi connectivity index (χ4v) is 1.44. The van der Waals surface area contributed by atoms with Crippen LogP contribution in [0.25, 0.3) is 11.0 Å². The molecule has 96 valence electrons. The molecule has 2 aromatic rings. The number of hydrogen-bond acceptors (Lipinski definition) is 5. The number of nitrogens with zero attached hydrogens (tertiary/aromatic N) is 1. The van der Waals surface area contributed by atoms with Gasteiger partial charge in [-0.05, 0) is 17.3 Å². The molecule has 0 fully saturated rings. The molecule has 0 saturated heterocycles. The molecule has 0 spiro atoms. The average Bonchev–Trinajstić information content (AvgIpc) is 2.77. The lowest BCUT2D eigenvalue weighted by atomic mass is 10.2. The van der Waals surface area contributed by atoms with Crippen molar-refractivity contribution in [3.8, 4) is 5.88 Å². The lowest BCUT2D eigenvalue weighted by molar-refractivity contribution is 0.241. The second kappa shape index (κ2) is 5.37. The van der Waals surface area contributed by atoms with Crippen LogP contribution in [0.3, 0.4) is 0 Å². The molecular formula is C11H14N4O3. The highest BCUT2D eigenvalue weighted by atomic mass is 16.5. The summed E-state index contributed by atoms with van der Waals surface area (Å²) in [5.41, 5.74) is 11.3. The quantitative estimate of drug-likeness (QED) is 0.701. The maximum Gasteiger partial charge on any atom is 0.312 e. The fourth-order valence-electron chi connectivity index (χ4n) is 1.44. The summed E-state index contributed by atoms with van der Waals surface area (Å²) in [4.78, 5) is 10.5. The SMILES string of the molecule is NC(=O)NCC(N)COc1noc2ccccc12. The Bertz CT molecular complexity index is 540. The minimum atomic E-state index is -0.614. The van der Waals surface area contributed by atoms with Crippen molar-refractivity contribution in [3.63, 3.8) is 0 Å². The molecule has 0 radical (unpaired) electrons. The third-order valence-corrected chi connectivity index (χ3v) is 2.32. The summed E-state index contributed by atoms with van der Waals surface area (Å²) in [6, 6.07) is 6.36. The summed E-state index contributed by atoms with van der Waals surface area (Å²) in [7, 11) is 0. The van der Waals surface area contributed by atoms with Gasteiger partial charge in [0.1, 0.15) is 6.61 Å². The lowest BCUT2D eigenvalue weighted by Crippen LogP contribution is -2.42. The zero-order valence-electron chi connectivity index (χ0n) is 9.63. The number of nitrogens with two attached hydrogens (primary N) is 2. The van der Waals surface area contributed by atoms with E-state index in [1.807, 2.05) is 18.2 Å². The predicted molar refractivity (Wildman–Crippen MR) is 65.1 cm³/mol. The van der Waals surface area contributed by atoms with Crippen molar-refractivity contribution < 1.29 is 14.1 Å². The molecule has 0 aliphatic heterocycles. The van der Waals surface area contributed by atoms with E-state index in [2.05, 4.69) is 10.5 Å². The normalized spacial score (nSPS) is 12.3. The number of carbonyl (C=O) groups excluding carboxylic acids is 1. The predicted octanol–water partition coefficient (Wildman–Crippen LogP) is 0.202. The van der Waals surface area contributed by atoms with Gasteiger partial charge in [0.05, 0.1) is 11.4 Å². The lowest BCUT2D eigenvalue weighted by Gasteiger charge is -2.11. The number of aromatic nitrogens is 1. The maximum absolute atomic E-state index is 10.5. The summed E-state index contributed by atoms with van der Waals surface area (Å²) in [6.45, 7) is 0.446. The number of ether oxygens (including phenoxy) is 1. The Hall–Kier alpha value is -2.28. The Labute approximate surface area is 103 Å². The van der Waals surface area contributed by atoms with Crippen molar-refractivity contribution in [2.75, 3.05) is 13.2 Å². The molecule has 2 rings (SSSR count). The van der Waals surface area contributed by atoms with Gasteiger partial charge >= 0.3 is 6.03 Å². The van der Waals surface area contributed by atoms with Crippen molar-refractivity contribution in [3.05, 3.63) is 24.3 Å². The summed E-state index contributed by atoms with van der Waals surface area (Å²) < 4.78 is 10.5. The zero-order chi connectivity index (χ0) is 13.0. The van der Waals surface area contributed by atoms with Crippen LogP contribution >= 0.6 is 0 Å². The number of nitrogens with one attached hydrogen (secondary N) is 1. The van der Waals surface area contributed by atoms with Crippen LogP contribution < -0.4 is 21.5 Å². The van der Waals surface area contributed by atoms with E-state index >= 15 is 0 Å². The average molecular weight is 250 g/mol. The molecule has 7 heteroatoms. The van der Waals surface area contributed by atoms with Gasteiger partial charge in [-0.2, -0.15) is 0 Å². The zero-order valence-corrected chi connectivity index (χ0v) is 9.63. The topological polar surface area (TPSA) is 116 Å². The third-order valence-electron chi connectivity index (χ3n) is 2.32. The summed E-state index contributed by atoms with van der Waals surface area (Å²) in [5.74, 6) is 0.389. The van der Waals surface area contributed by atoms with Crippen molar-refractivity contribution in [2.45, 2.75) is 6.04 Å². The van der Waals surface area contributed by atoms with Crippen molar-refractivity contribution in [2.24, 2.45) is 11.5 Å². The van der Waals surface area contributed by atoms with Gasteiger partial charge in [-0.3, -0.25) is 0 Å². The van der Waals surface area contributed by atoms with Crippen LogP contribution in [0.5, 0.6) is 5.88 Å². The van der Waals surface area contributed by atoms with E-state index < -0.39 is 6.03 Å². The van der Waals surface area contributed by atoms with E-state index in [4.69, 9.17) is 20.7 Å². The van der Waals surface area contributed by atoms with Gasteiger partial charge in [-0.1, -0.05) is 12.1 Å². The summed E-state index contributed by atoms with van der Waals surface area (Å²) in [5, 5.41) is 6.99. The molecule has 1 aromatic heterocycles. The third kappa shape index (κ3) is 2.89. The second-order valence-electron chi connectivity index (χ2n) is 3.80.